The number of hydrogen-bond donors (Lipinski definition) is 2. The minimum atomic E-state index is -4.56. The lowest BCUT2D eigenvalue weighted by Crippen LogP contribution is -2.54. The van der Waals surface area contributed by atoms with Crippen molar-refractivity contribution < 1.29 is 37.1 Å². The number of anilines is 2. The van der Waals surface area contributed by atoms with Crippen LogP contribution in [0, 0.1) is 0 Å². The fourth-order valence-corrected chi connectivity index (χ4v) is 6.54. The number of aromatic nitrogens is 2. The highest BCUT2D eigenvalue weighted by atomic mass is 35.5. The van der Waals surface area contributed by atoms with Crippen LogP contribution in [0.4, 0.5) is 24.5 Å². The number of alkyl halides is 3. The molecule has 0 bridgehead atoms. The summed E-state index contributed by atoms with van der Waals surface area (Å²) in [6.45, 7) is 0.776. The van der Waals surface area contributed by atoms with E-state index in [0.29, 0.717) is 31.6 Å². The first-order valence-electron chi connectivity index (χ1n) is 14.2. The highest BCUT2D eigenvalue weighted by Crippen LogP contribution is 2.43. The molecule has 3 aliphatic heterocycles. The van der Waals surface area contributed by atoms with Gasteiger partial charge in [0.1, 0.15) is 11.6 Å². The number of hydrogen-bond acceptors (Lipinski definition) is 7. The molecule has 2 aromatic carbocycles. The molecule has 2 fully saturated rings. The van der Waals surface area contributed by atoms with Crippen LogP contribution in [0.15, 0.2) is 42.6 Å². The predicted octanol–water partition coefficient (Wildman–Crippen LogP) is 3.99. The number of nitrogens with one attached hydrogen (secondary N) is 2. The molecule has 2 N–H and O–H groups in total. The van der Waals surface area contributed by atoms with Gasteiger partial charge >= 0.3 is 6.18 Å². The Kier molecular flexibility index (Phi) is 6.55. The standard InChI is InChI=1S/C30H24ClF3N6O5/c31-20-10-16(30(32,33)34)2-5-21(20)35-28(45)29(8-1-9-29)39-13-15-12-38(14-22(15)37-39)17-3-4-18-19(11-17)27(44)40(26(18)43)23-6-7-24(41)36-25(23)42/h2-5,10-11,13,23H,1,6-9,12,14H2,(H,35,45)(H,36,41,42). The van der Waals surface area contributed by atoms with Crippen LogP contribution in [0.25, 0.3) is 0 Å². The number of fused-ring (bicyclic) bond motifs is 2. The number of carbonyl (C=O) groups is 5. The van der Waals surface area contributed by atoms with E-state index in [9.17, 15) is 37.1 Å². The summed E-state index contributed by atoms with van der Waals surface area (Å²) in [7, 11) is 0. The van der Waals surface area contributed by atoms with Crippen LogP contribution >= 0.6 is 11.6 Å². The van der Waals surface area contributed by atoms with Gasteiger partial charge in [0, 0.05) is 30.4 Å². The van der Waals surface area contributed by atoms with Gasteiger partial charge in [0.25, 0.3) is 17.7 Å². The number of benzene rings is 2. The van der Waals surface area contributed by atoms with Crippen molar-refractivity contribution in [3.8, 4) is 0 Å². The van der Waals surface area contributed by atoms with Crippen LogP contribution in [-0.4, -0.2) is 50.3 Å². The third-order valence-corrected chi connectivity index (χ3v) is 9.27. The van der Waals surface area contributed by atoms with Crippen LogP contribution in [-0.2, 0) is 39.2 Å². The van der Waals surface area contributed by atoms with Crippen LogP contribution in [0.1, 0.15) is 69.6 Å². The van der Waals surface area contributed by atoms with Crippen LogP contribution in [0.3, 0.4) is 0 Å². The van der Waals surface area contributed by atoms with E-state index in [1.54, 1.807) is 29.1 Å². The Morgan fingerprint density at radius 3 is 2.42 bits per heavy atom. The van der Waals surface area contributed by atoms with E-state index in [4.69, 9.17) is 16.7 Å². The van der Waals surface area contributed by atoms with Crippen molar-refractivity contribution in [2.24, 2.45) is 0 Å². The van der Waals surface area contributed by atoms with Gasteiger partial charge in [-0.3, -0.25) is 38.9 Å². The van der Waals surface area contributed by atoms with Crippen molar-refractivity contribution in [3.05, 3.63) is 75.6 Å². The SMILES string of the molecule is O=C1CCC(N2C(=O)c3ccc(N4Cc5cn(C6(C(=O)Nc7ccc(C(F)(F)F)cc7Cl)CCC6)nc5C4)cc3C2=O)C(=O)N1. The van der Waals surface area contributed by atoms with Gasteiger partial charge in [-0.2, -0.15) is 18.3 Å². The largest absolute Gasteiger partial charge is 0.416 e. The summed E-state index contributed by atoms with van der Waals surface area (Å²) in [5, 5.41) is 9.35. The Morgan fingerprint density at radius 2 is 1.78 bits per heavy atom. The summed E-state index contributed by atoms with van der Waals surface area (Å²) < 4.78 is 40.7. The maximum atomic E-state index is 13.4. The number of nitrogens with zero attached hydrogens (tertiary/aromatic N) is 4. The van der Waals surface area contributed by atoms with Gasteiger partial charge in [0.15, 0.2) is 0 Å². The van der Waals surface area contributed by atoms with Gasteiger partial charge in [-0.1, -0.05) is 11.6 Å². The predicted molar refractivity (Wildman–Crippen MR) is 152 cm³/mol. The Labute approximate surface area is 258 Å². The summed E-state index contributed by atoms with van der Waals surface area (Å²) in [5.74, 6) is -2.73. The van der Waals surface area contributed by atoms with Gasteiger partial charge in [-0.25, -0.2) is 0 Å². The fraction of sp³-hybridized carbons (Fsp3) is 0.333. The Hall–Kier alpha value is -4.72. The quantitative estimate of drug-likeness (QED) is 0.403. The van der Waals surface area contributed by atoms with E-state index in [-0.39, 0.29) is 34.7 Å². The second-order valence-electron chi connectivity index (χ2n) is 11.6. The Morgan fingerprint density at radius 1 is 1.02 bits per heavy atom. The molecule has 0 radical (unpaired) electrons. The number of rotatable bonds is 5. The van der Waals surface area contributed by atoms with Crippen molar-refractivity contribution >= 4 is 52.5 Å². The van der Waals surface area contributed by atoms with Gasteiger partial charge in [-0.15, -0.1) is 0 Å². The monoisotopic (exact) mass is 640 g/mol. The first-order chi connectivity index (χ1) is 21.4. The molecule has 232 valence electrons. The third-order valence-electron chi connectivity index (χ3n) is 8.95. The van der Waals surface area contributed by atoms with Gasteiger partial charge in [0.2, 0.25) is 11.8 Å². The molecule has 0 spiro atoms. The van der Waals surface area contributed by atoms with E-state index in [1.807, 2.05) is 4.90 Å². The highest BCUT2D eigenvalue weighted by Gasteiger charge is 2.48. The first kappa shape index (κ1) is 29.0. The Balaban J connectivity index is 1.07. The summed E-state index contributed by atoms with van der Waals surface area (Å²) in [4.78, 5) is 66.5. The second kappa shape index (κ2) is 10.2. The second-order valence-corrected chi connectivity index (χ2v) is 12.0. The lowest BCUT2D eigenvalue weighted by Gasteiger charge is -2.40. The number of halogens is 4. The van der Waals surface area contributed by atoms with E-state index < -0.39 is 52.9 Å². The molecule has 4 heterocycles. The summed E-state index contributed by atoms with van der Waals surface area (Å²) in [6, 6.07) is 6.59. The van der Waals surface area contributed by atoms with Crippen molar-refractivity contribution in [3.63, 3.8) is 0 Å². The van der Waals surface area contributed by atoms with Crippen molar-refractivity contribution in [1.82, 2.24) is 20.0 Å². The normalized spacial score (nSPS) is 20.6. The lowest BCUT2D eigenvalue weighted by molar-refractivity contribution is -0.138. The summed E-state index contributed by atoms with van der Waals surface area (Å²) >= 11 is 6.07. The smallest absolute Gasteiger partial charge is 0.361 e. The average molecular weight is 641 g/mol. The summed E-state index contributed by atoms with van der Waals surface area (Å²) in [6.07, 6.45) is -0.928. The third kappa shape index (κ3) is 4.66. The van der Waals surface area contributed by atoms with Crippen molar-refractivity contribution in [2.75, 3.05) is 10.2 Å². The van der Waals surface area contributed by atoms with E-state index in [0.717, 1.165) is 40.8 Å². The van der Waals surface area contributed by atoms with E-state index >= 15 is 0 Å². The topological polar surface area (TPSA) is 134 Å². The van der Waals surface area contributed by atoms with E-state index in [2.05, 4.69) is 10.6 Å². The maximum Gasteiger partial charge on any atom is 0.416 e. The fourth-order valence-electron chi connectivity index (χ4n) is 6.31. The van der Waals surface area contributed by atoms with Crippen LogP contribution in [0.2, 0.25) is 5.02 Å². The molecular formula is C30H24ClF3N6O5. The number of piperidine rings is 1. The molecule has 1 saturated heterocycles. The lowest BCUT2D eigenvalue weighted by atomic mass is 9.76. The van der Waals surface area contributed by atoms with E-state index in [1.165, 1.54) is 0 Å². The van der Waals surface area contributed by atoms with Gasteiger partial charge in [0.05, 0.1) is 39.6 Å². The Bertz CT molecular complexity index is 1810. The molecule has 15 heteroatoms. The molecule has 1 aromatic heterocycles. The number of carbonyl (C=O) groups excluding carboxylic acids is 5. The molecule has 7 rings (SSSR count). The summed E-state index contributed by atoms with van der Waals surface area (Å²) in [5.41, 5.74) is 0.740. The molecule has 3 aromatic rings. The molecule has 4 aliphatic rings. The molecule has 11 nitrogen and oxygen atoms in total. The number of amides is 5. The van der Waals surface area contributed by atoms with Crippen LogP contribution < -0.4 is 15.5 Å². The van der Waals surface area contributed by atoms with Crippen molar-refractivity contribution in [2.45, 2.75) is 63.0 Å². The average Bonchev–Trinajstić information content (AvgIpc) is 3.60. The minimum absolute atomic E-state index is 0.0306. The molecule has 1 atom stereocenters. The van der Waals surface area contributed by atoms with Crippen molar-refractivity contribution in [1.29, 1.82) is 0 Å². The highest BCUT2D eigenvalue weighted by molar-refractivity contribution is 6.33. The molecule has 5 amide bonds. The maximum absolute atomic E-state index is 13.4. The molecule has 1 saturated carbocycles. The van der Waals surface area contributed by atoms with Gasteiger partial charge in [-0.05, 0) is 62.1 Å². The molecule has 1 aliphatic carbocycles. The van der Waals surface area contributed by atoms with Crippen LogP contribution in [0.5, 0.6) is 0 Å². The molecule has 1 unspecified atom stereocenters. The minimum Gasteiger partial charge on any atom is -0.361 e. The number of imide groups is 2. The zero-order valence-corrected chi connectivity index (χ0v) is 24.2. The van der Waals surface area contributed by atoms with Gasteiger partial charge < -0.3 is 10.2 Å². The molecular weight excluding hydrogens is 617 g/mol. The molecule has 45 heavy (non-hydrogen) atoms. The zero-order chi connectivity index (χ0) is 31.8. The first-order valence-corrected chi connectivity index (χ1v) is 14.6. The zero-order valence-electron chi connectivity index (χ0n) is 23.4.